The SMILES string of the molecule is C=C[C@H]1C[N@]2CC[C@H]1C[C@@H]2[C@@H](O)c1ccnc2ccc(OC)cc12.O=[N+]([O-])O. The number of ether oxygens (including phenoxy) is 1. The summed E-state index contributed by atoms with van der Waals surface area (Å²) in [6.45, 7) is 6.07. The van der Waals surface area contributed by atoms with Gasteiger partial charge < -0.3 is 15.1 Å². The third kappa shape index (κ3) is 4.07. The highest BCUT2D eigenvalue weighted by atomic mass is 16.9. The lowest BCUT2D eigenvalue weighted by Gasteiger charge is -2.50. The Morgan fingerprint density at radius 2 is 2.21 bits per heavy atom. The molecule has 0 radical (unpaired) electrons. The molecule has 0 spiro atoms. The molecule has 1 aromatic heterocycles. The Kier molecular flexibility index (Phi) is 6.11. The first kappa shape index (κ1) is 20.0. The van der Waals surface area contributed by atoms with Gasteiger partial charge in [-0.05, 0) is 61.1 Å². The van der Waals surface area contributed by atoms with Gasteiger partial charge in [-0.2, -0.15) is 0 Å². The summed E-state index contributed by atoms with van der Waals surface area (Å²) in [5, 5.41) is 25.8. The van der Waals surface area contributed by atoms with Gasteiger partial charge in [0, 0.05) is 24.2 Å². The summed E-state index contributed by atoms with van der Waals surface area (Å²) < 4.78 is 5.35. The summed E-state index contributed by atoms with van der Waals surface area (Å²) in [7, 11) is 1.66. The standard InChI is InChI=1S/C20H24N2O2.HNO3/c1-3-13-12-22-9-7-14(13)10-19(22)20(23)16-6-8-21-18-5-4-15(24-2)11-17(16)18;2-1(3)4/h3-6,8,11,13-14,19-20,23H,1,7,9-10,12H2,2H3;(H,2,3,4)/t13-,14-,19+,20-;/m0./s1. The van der Waals surface area contributed by atoms with Crippen molar-refractivity contribution in [2.24, 2.45) is 11.8 Å². The fraction of sp³-hybridized carbons (Fsp3) is 0.450. The highest BCUT2D eigenvalue weighted by Gasteiger charge is 2.42. The van der Waals surface area contributed by atoms with Crippen LogP contribution in [0.2, 0.25) is 0 Å². The van der Waals surface area contributed by atoms with Gasteiger partial charge in [-0.25, -0.2) is 0 Å². The van der Waals surface area contributed by atoms with Gasteiger partial charge in [0.2, 0.25) is 0 Å². The zero-order valence-electron chi connectivity index (χ0n) is 15.8. The van der Waals surface area contributed by atoms with Gasteiger partial charge in [0.15, 0.2) is 0 Å². The van der Waals surface area contributed by atoms with Gasteiger partial charge >= 0.3 is 0 Å². The number of aromatic nitrogens is 1. The number of hydrogen-bond acceptors (Lipinski definition) is 6. The Bertz CT molecular complexity index is 855. The predicted octanol–water partition coefficient (Wildman–Crippen LogP) is 2.83. The van der Waals surface area contributed by atoms with Crippen LogP contribution in [-0.4, -0.2) is 51.5 Å². The second kappa shape index (κ2) is 8.53. The lowest BCUT2D eigenvalue weighted by molar-refractivity contribution is -0.742. The topological polar surface area (TPSA) is 109 Å². The summed E-state index contributed by atoms with van der Waals surface area (Å²) in [5.41, 5.74) is 1.85. The molecule has 4 heterocycles. The number of piperidine rings is 3. The first-order valence-corrected chi connectivity index (χ1v) is 9.25. The van der Waals surface area contributed by atoms with E-state index in [1.165, 1.54) is 6.42 Å². The lowest BCUT2D eigenvalue weighted by Crippen LogP contribution is -2.54. The molecule has 0 saturated carbocycles. The Labute approximate surface area is 163 Å². The highest BCUT2D eigenvalue weighted by Crippen LogP contribution is 2.42. The van der Waals surface area contributed by atoms with Crippen molar-refractivity contribution in [2.45, 2.75) is 25.0 Å². The maximum Gasteiger partial charge on any atom is 0.291 e. The molecule has 2 bridgehead atoms. The molecule has 0 amide bonds. The van der Waals surface area contributed by atoms with Crippen LogP contribution < -0.4 is 4.74 Å². The number of methoxy groups -OCH3 is 1. The number of rotatable bonds is 4. The van der Waals surface area contributed by atoms with Crippen molar-refractivity contribution < 1.29 is 20.1 Å². The van der Waals surface area contributed by atoms with Gasteiger partial charge in [-0.1, -0.05) is 6.08 Å². The van der Waals surface area contributed by atoms with Crippen molar-refractivity contribution in [3.63, 3.8) is 0 Å². The van der Waals surface area contributed by atoms with Crippen LogP contribution in [0.4, 0.5) is 0 Å². The van der Waals surface area contributed by atoms with Crippen LogP contribution in [0.25, 0.3) is 10.9 Å². The summed E-state index contributed by atoms with van der Waals surface area (Å²) in [4.78, 5) is 15.2. The van der Waals surface area contributed by atoms with E-state index >= 15 is 0 Å². The first-order valence-electron chi connectivity index (χ1n) is 9.25. The fourth-order valence-corrected chi connectivity index (χ4v) is 4.44. The molecule has 2 N–H and O–H groups in total. The van der Waals surface area contributed by atoms with Gasteiger partial charge in [-0.15, -0.1) is 16.7 Å². The number of hydrogen-bond donors (Lipinski definition) is 2. The minimum absolute atomic E-state index is 0.178. The lowest BCUT2D eigenvalue weighted by atomic mass is 9.73. The quantitative estimate of drug-likeness (QED) is 0.472. The summed E-state index contributed by atoms with van der Waals surface area (Å²) >= 11 is 0. The van der Waals surface area contributed by atoms with E-state index in [9.17, 15) is 5.11 Å². The zero-order chi connectivity index (χ0) is 20.3. The number of benzene rings is 1. The molecule has 0 aliphatic carbocycles. The van der Waals surface area contributed by atoms with Gasteiger partial charge in [0.25, 0.3) is 5.09 Å². The maximum absolute atomic E-state index is 11.2. The molecule has 3 aliphatic heterocycles. The largest absolute Gasteiger partial charge is 0.497 e. The molecule has 0 unspecified atom stereocenters. The van der Waals surface area contributed by atoms with Crippen molar-refractivity contribution in [2.75, 3.05) is 20.2 Å². The minimum atomic E-state index is -1.50. The van der Waals surface area contributed by atoms with E-state index in [4.69, 9.17) is 20.1 Å². The van der Waals surface area contributed by atoms with Crippen molar-refractivity contribution in [1.29, 1.82) is 0 Å². The Hall–Kier alpha value is -2.71. The van der Waals surface area contributed by atoms with Gasteiger partial charge in [0.05, 0.1) is 18.7 Å². The average molecular weight is 387 g/mol. The van der Waals surface area contributed by atoms with Crippen LogP contribution in [0.5, 0.6) is 5.75 Å². The molecule has 3 saturated heterocycles. The van der Waals surface area contributed by atoms with E-state index < -0.39 is 11.2 Å². The Morgan fingerprint density at radius 3 is 2.82 bits per heavy atom. The van der Waals surface area contributed by atoms with Crippen LogP contribution in [0, 0.1) is 22.0 Å². The van der Waals surface area contributed by atoms with E-state index in [2.05, 4.69) is 22.5 Å². The molecule has 8 heteroatoms. The molecule has 5 rings (SSSR count). The third-order valence-corrected chi connectivity index (χ3v) is 5.82. The van der Waals surface area contributed by atoms with Crippen LogP contribution in [0.15, 0.2) is 43.1 Å². The second-order valence-corrected chi connectivity index (χ2v) is 7.21. The summed E-state index contributed by atoms with van der Waals surface area (Å²) in [6.07, 6.45) is 5.62. The predicted molar refractivity (Wildman–Crippen MR) is 104 cm³/mol. The summed E-state index contributed by atoms with van der Waals surface area (Å²) in [6, 6.07) is 7.96. The van der Waals surface area contributed by atoms with Gasteiger partial charge in [0.1, 0.15) is 5.75 Å². The molecule has 3 aliphatic rings. The first-order chi connectivity index (χ1) is 13.4. The van der Waals surface area contributed by atoms with E-state index in [-0.39, 0.29) is 6.04 Å². The van der Waals surface area contributed by atoms with E-state index in [0.717, 1.165) is 41.7 Å². The number of aliphatic hydroxyl groups is 1. The number of aliphatic hydroxyl groups excluding tert-OH is 1. The van der Waals surface area contributed by atoms with Crippen LogP contribution in [0.1, 0.15) is 24.5 Å². The molecule has 1 aromatic carbocycles. The van der Waals surface area contributed by atoms with Crippen molar-refractivity contribution in [3.8, 4) is 5.75 Å². The second-order valence-electron chi connectivity index (χ2n) is 7.21. The van der Waals surface area contributed by atoms with Gasteiger partial charge in [-0.3, -0.25) is 9.88 Å². The smallest absolute Gasteiger partial charge is 0.291 e. The molecular weight excluding hydrogens is 362 g/mol. The molecular formula is C20H25N3O5. The molecule has 150 valence electrons. The molecule has 2 aromatic rings. The van der Waals surface area contributed by atoms with E-state index in [1.54, 1.807) is 13.3 Å². The van der Waals surface area contributed by atoms with Crippen LogP contribution in [-0.2, 0) is 0 Å². The van der Waals surface area contributed by atoms with E-state index in [1.807, 2.05) is 24.3 Å². The number of nitrogens with zero attached hydrogens (tertiary/aromatic N) is 3. The average Bonchev–Trinajstić information content (AvgIpc) is 2.72. The minimum Gasteiger partial charge on any atom is -0.497 e. The normalized spacial score (nSPS) is 26.8. The van der Waals surface area contributed by atoms with Crippen LogP contribution in [0.3, 0.4) is 0 Å². The monoisotopic (exact) mass is 387 g/mol. The fourth-order valence-electron chi connectivity index (χ4n) is 4.44. The Morgan fingerprint density at radius 1 is 1.46 bits per heavy atom. The van der Waals surface area contributed by atoms with Crippen molar-refractivity contribution in [3.05, 3.63) is 58.8 Å². The Balaban J connectivity index is 0.000000516. The maximum atomic E-state index is 11.2. The molecule has 28 heavy (non-hydrogen) atoms. The van der Waals surface area contributed by atoms with E-state index in [0.29, 0.717) is 11.8 Å². The number of pyridine rings is 1. The molecule has 8 nitrogen and oxygen atoms in total. The summed E-state index contributed by atoms with van der Waals surface area (Å²) in [5.74, 6) is 2.01. The highest BCUT2D eigenvalue weighted by molar-refractivity contribution is 5.83. The van der Waals surface area contributed by atoms with Crippen LogP contribution >= 0.6 is 0 Å². The number of fused-ring (bicyclic) bond motifs is 4. The molecule has 3 fully saturated rings. The molecule has 5 atom stereocenters. The third-order valence-electron chi connectivity index (χ3n) is 5.82. The zero-order valence-corrected chi connectivity index (χ0v) is 15.8. The van der Waals surface area contributed by atoms with Crippen molar-refractivity contribution in [1.82, 2.24) is 9.88 Å². The van der Waals surface area contributed by atoms with Crippen molar-refractivity contribution >= 4 is 10.9 Å².